The van der Waals surface area contributed by atoms with E-state index in [2.05, 4.69) is 12.2 Å². The molecule has 0 aromatic carbocycles. The van der Waals surface area contributed by atoms with Crippen molar-refractivity contribution < 1.29 is 4.74 Å². The molecule has 72 valence electrons. The van der Waals surface area contributed by atoms with E-state index in [1.807, 2.05) is 0 Å². The van der Waals surface area contributed by atoms with Crippen molar-refractivity contribution in [3.05, 3.63) is 0 Å². The van der Waals surface area contributed by atoms with Crippen molar-refractivity contribution in [2.24, 2.45) is 0 Å². The first-order chi connectivity index (χ1) is 5.93. The zero-order valence-corrected chi connectivity index (χ0v) is 8.14. The van der Waals surface area contributed by atoms with E-state index in [9.17, 15) is 0 Å². The van der Waals surface area contributed by atoms with Crippen molar-refractivity contribution in [2.45, 2.75) is 51.5 Å². The van der Waals surface area contributed by atoms with Crippen LogP contribution in [0.25, 0.3) is 0 Å². The van der Waals surface area contributed by atoms with Gasteiger partial charge in [-0.1, -0.05) is 39.0 Å². The lowest BCUT2D eigenvalue weighted by molar-refractivity contribution is 0.188. The van der Waals surface area contributed by atoms with Crippen LogP contribution >= 0.6 is 0 Å². The van der Waals surface area contributed by atoms with E-state index in [0.29, 0.717) is 6.04 Å². The van der Waals surface area contributed by atoms with Crippen LogP contribution in [-0.4, -0.2) is 19.4 Å². The summed E-state index contributed by atoms with van der Waals surface area (Å²) in [6.45, 7) is 3.94. The Morgan fingerprint density at radius 2 is 2.08 bits per heavy atom. The highest BCUT2D eigenvalue weighted by Gasteiger charge is 2.12. The van der Waals surface area contributed by atoms with Gasteiger partial charge in [0, 0.05) is 6.04 Å². The van der Waals surface area contributed by atoms with Gasteiger partial charge in [-0.05, 0) is 6.42 Å². The molecule has 1 saturated heterocycles. The van der Waals surface area contributed by atoms with E-state index < -0.39 is 0 Å². The number of hydrogen-bond donors (Lipinski definition) is 1. The summed E-state index contributed by atoms with van der Waals surface area (Å²) >= 11 is 0. The van der Waals surface area contributed by atoms with Gasteiger partial charge < -0.3 is 4.74 Å². The van der Waals surface area contributed by atoms with Gasteiger partial charge in [0.1, 0.15) is 0 Å². The maximum atomic E-state index is 5.22. The van der Waals surface area contributed by atoms with Crippen molar-refractivity contribution in [1.29, 1.82) is 0 Å². The van der Waals surface area contributed by atoms with Gasteiger partial charge in [0.25, 0.3) is 0 Å². The molecule has 0 saturated carbocycles. The molecule has 0 aromatic heterocycles. The quantitative estimate of drug-likeness (QED) is 0.619. The monoisotopic (exact) mass is 171 g/mol. The van der Waals surface area contributed by atoms with Crippen molar-refractivity contribution >= 4 is 0 Å². The van der Waals surface area contributed by atoms with E-state index in [1.165, 1.54) is 38.5 Å². The van der Waals surface area contributed by atoms with Gasteiger partial charge in [-0.3, -0.25) is 5.32 Å². The zero-order valence-electron chi connectivity index (χ0n) is 8.14. The first kappa shape index (κ1) is 10.0. The Labute approximate surface area is 75.7 Å². The third kappa shape index (κ3) is 4.07. The molecule has 0 aliphatic carbocycles. The second-order valence-electron chi connectivity index (χ2n) is 3.62. The van der Waals surface area contributed by atoms with Gasteiger partial charge in [-0.15, -0.1) is 0 Å². The second kappa shape index (κ2) is 6.44. The van der Waals surface area contributed by atoms with Crippen LogP contribution in [0.5, 0.6) is 0 Å². The Morgan fingerprint density at radius 3 is 2.75 bits per heavy atom. The summed E-state index contributed by atoms with van der Waals surface area (Å²) in [5.41, 5.74) is 0. The molecule has 2 heteroatoms. The number of nitrogens with one attached hydrogen (secondary N) is 1. The molecule has 12 heavy (non-hydrogen) atoms. The summed E-state index contributed by atoms with van der Waals surface area (Å²) in [5, 5.41) is 3.33. The van der Waals surface area contributed by atoms with Crippen molar-refractivity contribution in [2.75, 3.05) is 13.3 Å². The van der Waals surface area contributed by atoms with Gasteiger partial charge in [0.15, 0.2) is 0 Å². The predicted octanol–water partition coefficient (Wildman–Crippen LogP) is 2.29. The average molecular weight is 171 g/mol. The summed E-state index contributed by atoms with van der Waals surface area (Å²) in [6.07, 6.45) is 8.19. The van der Waals surface area contributed by atoms with E-state index in [1.54, 1.807) is 0 Å². The van der Waals surface area contributed by atoms with Gasteiger partial charge in [0.05, 0.1) is 13.3 Å². The van der Waals surface area contributed by atoms with E-state index in [-0.39, 0.29) is 0 Å². The minimum absolute atomic E-state index is 0.645. The SMILES string of the molecule is CCCCCCCC1COCN1. The molecule has 0 aromatic rings. The summed E-state index contributed by atoms with van der Waals surface area (Å²) in [6, 6.07) is 0.645. The van der Waals surface area contributed by atoms with Crippen LogP contribution < -0.4 is 5.32 Å². The topological polar surface area (TPSA) is 21.3 Å². The molecule has 0 spiro atoms. The van der Waals surface area contributed by atoms with E-state index in [4.69, 9.17) is 4.74 Å². The summed E-state index contributed by atoms with van der Waals surface area (Å²) in [4.78, 5) is 0. The largest absolute Gasteiger partial charge is 0.365 e. The minimum Gasteiger partial charge on any atom is -0.365 e. The zero-order chi connectivity index (χ0) is 8.65. The highest BCUT2D eigenvalue weighted by atomic mass is 16.5. The van der Waals surface area contributed by atoms with Crippen molar-refractivity contribution in [3.8, 4) is 0 Å². The summed E-state index contributed by atoms with van der Waals surface area (Å²) in [7, 11) is 0. The van der Waals surface area contributed by atoms with Crippen LogP contribution in [0.3, 0.4) is 0 Å². The highest BCUT2D eigenvalue weighted by Crippen LogP contribution is 2.09. The molecule has 2 nitrogen and oxygen atoms in total. The number of rotatable bonds is 6. The molecule has 1 atom stereocenters. The maximum absolute atomic E-state index is 5.22. The van der Waals surface area contributed by atoms with Crippen LogP contribution in [0.4, 0.5) is 0 Å². The lowest BCUT2D eigenvalue weighted by Gasteiger charge is -2.06. The first-order valence-corrected chi connectivity index (χ1v) is 5.24. The molecular weight excluding hydrogens is 150 g/mol. The molecule has 1 aliphatic rings. The van der Waals surface area contributed by atoms with Gasteiger partial charge in [-0.25, -0.2) is 0 Å². The third-order valence-electron chi connectivity index (χ3n) is 2.45. The van der Waals surface area contributed by atoms with E-state index in [0.717, 1.165) is 13.3 Å². The van der Waals surface area contributed by atoms with E-state index >= 15 is 0 Å². The molecule has 0 amide bonds. The first-order valence-electron chi connectivity index (χ1n) is 5.24. The molecule has 1 unspecified atom stereocenters. The number of hydrogen-bond acceptors (Lipinski definition) is 2. The highest BCUT2D eigenvalue weighted by molar-refractivity contribution is 4.68. The smallest absolute Gasteiger partial charge is 0.0968 e. The molecule has 1 rings (SSSR count). The Kier molecular flexibility index (Phi) is 5.37. The normalized spacial score (nSPS) is 23.2. The standard InChI is InChI=1S/C10H21NO/c1-2-3-4-5-6-7-10-8-12-9-11-10/h10-11H,2-9H2,1H3. The average Bonchev–Trinajstić information content (AvgIpc) is 2.57. The molecule has 0 bridgehead atoms. The van der Waals surface area contributed by atoms with Crippen LogP contribution in [-0.2, 0) is 4.74 Å². The van der Waals surface area contributed by atoms with Gasteiger partial charge >= 0.3 is 0 Å². The van der Waals surface area contributed by atoms with Gasteiger partial charge in [-0.2, -0.15) is 0 Å². The van der Waals surface area contributed by atoms with Crippen LogP contribution in [0.15, 0.2) is 0 Å². The number of ether oxygens (including phenoxy) is 1. The maximum Gasteiger partial charge on any atom is 0.0968 e. The fourth-order valence-corrected chi connectivity index (χ4v) is 1.62. The van der Waals surface area contributed by atoms with Crippen LogP contribution in [0, 0.1) is 0 Å². The second-order valence-corrected chi connectivity index (χ2v) is 3.62. The summed E-state index contributed by atoms with van der Waals surface area (Å²) < 4.78 is 5.22. The van der Waals surface area contributed by atoms with Crippen molar-refractivity contribution in [1.82, 2.24) is 5.32 Å². The van der Waals surface area contributed by atoms with Crippen LogP contribution in [0.2, 0.25) is 0 Å². The third-order valence-corrected chi connectivity index (χ3v) is 2.45. The van der Waals surface area contributed by atoms with Crippen molar-refractivity contribution in [3.63, 3.8) is 0 Å². The lowest BCUT2D eigenvalue weighted by atomic mass is 10.1. The number of unbranched alkanes of at least 4 members (excludes halogenated alkanes) is 4. The Hall–Kier alpha value is -0.0800. The lowest BCUT2D eigenvalue weighted by Crippen LogP contribution is -2.23. The van der Waals surface area contributed by atoms with Gasteiger partial charge in [0.2, 0.25) is 0 Å². The fraction of sp³-hybridized carbons (Fsp3) is 1.00. The Balaban J connectivity index is 1.81. The Morgan fingerprint density at radius 1 is 1.25 bits per heavy atom. The predicted molar refractivity (Wildman–Crippen MR) is 51.1 cm³/mol. The molecule has 1 N–H and O–H groups in total. The summed E-state index contributed by atoms with van der Waals surface area (Å²) in [5.74, 6) is 0. The van der Waals surface area contributed by atoms with Crippen LogP contribution in [0.1, 0.15) is 45.4 Å². The molecule has 0 radical (unpaired) electrons. The molecule has 1 fully saturated rings. The molecular formula is C10H21NO. The fourth-order valence-electron chi connectivity index (χ4n) is 1.62. The molecule has 1 heterocycles. The molecule has 1 aliphatic heterocycles. The minimum atomic E-state index is 0.645. The Bertz CT molecular complexity index is 100.